The number of aliphatic carboxylic acids is 1. The lowest BCUT2D eigenvalue weighted by molar-refractivity contribution is -0.141. The quantitative estimate of drug-likeness (QED) is 0.784. The fourth-order valence-electron chi connectivity index (χ4n) is 3.55. The number of carbonyl (C=O) groups is 3. The summed E-state index contributed by atoms with van der Waals surface area (Å²) in [6, 6.07) is 7.63. The van der Waals surface area contributed by atoms with Crippen LogP contribution in [0.4, 0.5) is 5.69 Å². The van der Waals surface area contributed by atoms with E-state index < -0.39 is 5.97 Å². The van der Waals surface area contributed by atoms with Crippen LogP contribution in [0.1, 0.15) is 25.7 Å². The summed E-state index contributed by atoms with van der Waals surface area (Å²) in [6.07, 6.45) is 3.95. The zero-order valence-electron chi connectivity index (χ0n) is 14.1. The maximum Gasteiger partial charge on any atom is 0.306 e. The monoisotopic (exact) mass is 362 g/mol. The van der Waals surface area contributed by atoms with Gasteiger partial charge in [0.25, 0.3) is 0 Å². The normalized spacial score (nSPS) is 26.0. The number of hydrogen-bond donors (Lipinski definition) is 2. The van der Waals surface area contributed by atoms with Gasteiger partial charge in [-0.25, -0.2) is 0 Å². The van der Waals surface area contributed by atoms with Crippen molar-refractivity contribution in [3.05, 3.63) is 24.3 Å². The molecule has 1 unspecified atom stereocenters. The molecule has 1 aliphatic carbocycles. The van der Waals surface area contributed by atoms with Gasteiger partial charge in [0.05, 0.1) is 11.8 Å². The minimum atomic E-state index is -0.798. The molecule has 2 N–H and O–H groups in total. The van der Waals surface area contributed by atoms with E-state index in [1.165, 1.54) is 0 Å². The molecule has 3 rings (SSSR count). The number of anilines is 1. The Bertz CT molecular complexity index is 676. The van der Waals surface area contributed by atoms with Crippen molar-refractivity contribution in [1.29, 1.82) is 0 Å². The van der Waals surface area contributed by atoms with Crippen molar-refractivity contribution in [2.75, 3.05) is 17.7 Å². The number of carboxylic acid groups (broad SMARTS) is 1. The second kappa shape index (κ2) is 7.47. The van der Waals surface area contributed by atoms with Gasteiger partial charge in [-0.2, -0.15) is 0 Å². The van der Waals surface area contributed by atoms with E-state index in [0.29, 0.717) is 25.8 Å². The first-order valence-corrected chi connectivity index (χ1v) is 9.68. The molecule has 134 valence electrons. The first-order valence-electron chi connectivity index (χ1n) is 8.45. The number of carbonyl (C=O) groups excluding carboxylic acids is 2. The van der Waals surface area contributed by atoms with E-state index >= 15 is 0 Å². The molecule has 6 nitrogen and oxygen atoms in total. The van der Waals surface area contributed by atoms with Gasteiger partial charge in [0.15, 0.2) is 0 Å². The van der Waals surface area contributed by atoms with Gasteiger partial charge in [-0.15, -0.1) is 11.8 Å². The van der Waals surface area contributed by atoms with Crippen LogP contribution >= 0.6 is 11.8 Å². The van der Waals surface area contributed by atoms with E-state index in [1.807, 2.05) is 30.5 Å². The highest BCUT2D eigenvalue weighted by atomic mass is 32.2. The van der Waals surface area contributed by atoms with E-state index in [1.54, 1.807) is 16.7 Å². The molecule has 1 saturated carbocycles. The third-order valence-corrected chi connectivity index (χ3v) is 5.75. The van der Waals surface area contributed by atoms with Crippen LogP contribution in [0.5, 0.6) is 0 Å². The van der Waals surface area contributed by atoms with Gasteiger partial charge in [0.1, 0.15) is 0 Å². The molecular weight excluding hydrogens is 340 g/mol. The molecular formula is C18H22N2O4S. The molecule has 1 aromatic carbocycles. The average molecular weight is 362 g/mol. The molecule has 3 atom stereocenters. The Morgan fingerprint density at radius 2 is 1.92 bits per heavy atom. The van der Waals surface area contributed by atoms with Gasteiger partial charge < -0.3 is 15.3 Å². The Balaban J connectivity index is 1.58. The molecule has 2 aliphatic rings. The number of thioether (sulfide) groups is 1. The molecule has 7 heteroatoms. The number of nitrogens with zero attached hydrogens (tertiary/aromatic N) is 1. The van der Waals surface area contributed by atoms with E-state index in [4.69, 9.17) is 5.11 Å². The third kappa shape index (κ3) is 3.98. The largest absolute Gasteiger partial charge is 0.481 e. The number of rotatable bonds is 5. The van der Waals surface area contributed by atoms with Crippen LogP contribution in [0.3, 0.4) is 0 Å². The summed E-state index contributed by atoms with van der Waals surface area (Å²) in [7, 11) is 0. The Morgan fingerprint density at radius 3 is 2.52 bits per heavy atom. The van der Waals surface area contributed by atoms with E-state index in [0.717, 1.165) is 10.6 Å². The first-order chi connectivity index (χ1) is 12.0. The molecule has 0 spiro atoms. The predicted octanol–water partition coefficient (Wildman–Crippen LogP) is 2.13. The van der Waals surface area contributed by atoms with Crippen LogP contribution in [-0.4, -0.2) is 41.7 Å². The standard InChI is InChI=1S/C18H22N2O4S/c1-25-15-6-4-14(5-7-15)20-10-12(9-16(20)21)17(22)19-13-3-2-11(8-13)18(23)24/h4-7,11-13H,2-3,8-10H2,1H3,(H,19,22)(H,23,24)/t11-,12?,13+/m0/s1. The van der Waals surface area contributed by atoms with Crippen LogP contribution in [0.25, 0.3) is 0 Å². The Labute approximate surface area is 151 Å². The van der Waals surface area contributed by atoms with Gasteiger partial charge in [-0.1, -0.05) is 0 Å². The summed E-state index contributed by atoms with van der Waals surface area (Å²) in [5.41, 5.74) is 0.810. The van der Waals surface area contributed by atoms with Crippen molar-refractivity contribution in [3.63, 3.8) is 0 Å². The summed E-state index contributed by atoms with van der Waals surface area (Å²) < 4.78 is 0. The number of nitrogens with one attached hydrogen (secondary N) is 1. The molecule has 0 bridgehead atoms. The fourth-order valence-corrected chi connectivity index (χ4v) is 3.96. The summed E-state index contributed by atoms with van der Waals surface area (Å²) in [6.45, 7) is 0.373. The minimum absolute atomic E-state index is 0.0492. The molecule has 0 radical (unpaired) electrons. The predicted molar refractivity (Wildman–Crippen MR) is 95.6 cm³/mol. The molecule has 1 aliphatic heterocycles. The second-order valence-electron chi connectivity index (χ2n) is 6.66. The zero-order chi connectivity index (χ0) is 18.0. The van der Waals surface area contributed by atoms with E-state index in [2.05, 4.69) is 5.32 Å². The van der Waals surface area contributed by atoms with Gasteiger partial charge >= 0.3 is 5.97 Å². The third-order valence-electron chi connectivity index (χ3n) is 5.01. The summed E-state index contributed by atoms with van der Waals surface area (Å²) in [5.74, 6) is -1.74. The average Bonchev–Trinajstić information content (AvgIpc) is 3.22. The highest BCUT2D eigenvalue weighted by molar-refractivity contribution is 7.98. The summed E-state index contributed by atoms with van der Waals surface area (Å²) in [5, 5.41) is 12.0. The van der Waals surface area contributed by atoms with Crippen LogP contribution in [0, 0.1) is 11.8 Å². The SMILES string of the molecule is CSc1ccc(N2CC(C(=O)N[C@@H]3CC[C@H](C(=O)O)C3)CC2=O)cc1. The van der Waals surface area contributed by atoms with Crippen molar-refractivity contribution >= 4 is 35.2 Å². The highest BCUT2D eigenvalue weighted by Gasteiger charge is 2.37. The zero-order valence-corrected chi connectivity index (χ0v) is 14.9. The Morgan fingerprint density at radius 1 is 1.20 bits per heavy atom. The number of carboxylic acids is 1. The van der Waals surface area contributed by atoms with Crippen LogP contribution in [-0.2, 0) is 14.4 Å². The summed E-state index contributed by atoms with van der Waals surface area (Å²) in [4.78, 5) is 38.5. The molecule has 1 heterocycles. The lowest BCUT2D eigenvalue weighted by atomic mass is 10.1. The van der Waals surface area contributed by atoms with Crippen LogP contribution in [0.2, 0.25) is 0 Å². The number of hydrogen-bond acceptors (Lipinski definition) is 4. The van der Waals surface area contributed by atoms with Gasteiger partial charge in [0, 0.05) is 29.6 Å². The van der Waals surface area contributed by atoms with Crippen molar-refractivity contribution < 1.29 is 19.5 Å². The summed E-state index contributed by atoms with van der Waals surface area (Å²) >= 11 is 1.64. The number of amides is 2. The smallest absolute Gasteiger partial charge is 0.306 e. The second-order valence-corrected chi connectivity index (χ2v) is 7.54. The molecule has 2 amide bonds. The molecule has 25 heavy (non-hydrogen) atoms. The maximum atomic E-state index is 12.5. The lowest BCUT2D eigenvalue weighted by Gasteiger charge is -2.18. The minimum Gasteiger partial charge on any atom is -0.481 e. The lowest BCUT2D eigenvalue weighted by Crippen LogP contribution is -2.39. The molecule has 1 saturated heterocycles. The number of benzene rings is 1. The van der Waals surface area contributed by atoms with Crippen molar-refractivity contribution in [1.82, 2.24) is 5.32 Å². The molecule has 0 aromatic heterocycles. The fraction of sp³-hybridized carbons (Fsp3) is 0.500. The van der Waals surface area contributed by atoms with Crippen LogP contribution in [0.15, 0.2) is 29.2 Å². The van der Waals surface area contributed by atoms with Crippen LogP contribution < -0.4 is 10.2 Å². The maximum absolute atomic E-state index is 12.5. The van der Waals surface area contributed by atoms with Crippen molar-refractivity contribution in [3.8, 4) is 0 Å². The highest BCUT2D eigenvalue weighted by Crippen LogP contribution is 2.29. The van der Waals surface area contributed by atoms with Crippen molar-refractivity contribution in [2.24, 2.45) is 11.8 Å². The van der Waals surface area contributed by atoms with Gasteiger partial charge in [-0.3, -0.25) is 14.4 Å². The topological polar surface area (TPSA) is 86.7 Å². The Hall–Kier alpha value is -2.02. The van der Waals surface area contributed by atoms with Gasteiger partial charge in [-0.05, 0) is 49.8 Å². The van der Waals surface area contributed by atoms with Crippen molar-refractivity contribution in [2.45, 2.75) is 36.6 Å². The molecule has 2 fully saturated rings. The van der Waals surface area contributed by atoms with Gasteiger partial charge in [0.2, 0.25) is 11.8 Å². The van der Waals surface area contributed by atoms with E-state index in [-0.39, 0.29) is 36.1 Å². The Kier molecular flexibility index (Phi) is 5.32. The first kappa shape index (κ1) is 17.8. The van der Waals surface area contributed by atoms with E-state index in [9.17, 15) is 14.4 Å². The molecule has 1 aromatic rings.